The third-order valence-corrected chi connectivity index (χ3v) is 4.24. The van der Waals surface area contributed by atoms with Gasteiger partial charge < -0.3 is 4.74 Å². The highest BCUT2D eigenvalue weighted by Gasteiger charge is 2.19. The standard InChI is InChI=1S/C15H21BrClNO/c1-12-2-3-13(15(17)10-12)11-18-7-4-14(5-8-18)19-9-6-16/h2-3,10,14H,4-9,11H2,1H3. The van der Waals surface area contributed by atoms with Gasteiger partial charge in [0.05, 0.1) is 12.7 Å². The molecule has 1 aromatic rings. The minimum atomic E-state index is 0.433. The van der Waals surface area contributed by atoms with E-state index in [0.29, 0.717) is 6.10 Å². The molecule has 0 amide bonds. The first-order valence-corrected chi connectivity index (χ1v) is 8.34. The Morgan fingerprint density at radius 3 is 2.74 bits per heavy atom. The summed E-state index contributed by atoms with van der Waals surface area (Å²) >= 11 is 9.69. The summed E-state index contributed by atoms with van der Waals surface area (Å²) in [6, 6.07) is 6.32. The quantitative estimate of drug-likeness (QED) is 0.747. The van der Waals surface area contributed by atoms with E-state index in [1.807, 2.05) is 6.07 Å². The van der Waals surface area contributed by atoms with E-state index >= 15 is 0 Å². The highest BCUT2D eigenvalue weighted by molar-refractivity contribution is 9.09. The third kappa shape index (κ3) is 4.75. The highest BCUT2D eigenvalue weighted by atomic mass is 79.9. The van der Waals surface area contributed by atoms with Gasteiger partial charge in [-0.25, -0.2) is 0 Å². The number of benzene rings is 1. The molecule has 4 heteroatoms. The van der Waals surface area contributed by atoms with Crippen molar-refractivity contribution in [1.82, 2.24) is 4.90 Å². The van der Waals surface area contributed by atoms with Gasteiger partial charge in [-0.1, -0.05) is 39.7 Å². The molecule has 1 aliphatic rings. The summed E-state index contributed by atoms with van der Waals surface area (Å²) in [6.45, 7) is 6.02. The lowest BCUT2D eigenvalue weighted by atomic mass is 10.1. The largest absolute Gasteiger partial charge is 0.377 e. The molecular formula is C15H21BrClNO. The molecule has 106 valence electrons. The number of nitrogens with zero attached hydrogens (tertiary/aromatic N) is 1. The van der Waals surface area contributed by atoms with Crippen LogP contribution in [0.4, 0.5) is 0 Å². The first-order valence-electron chi connectivity index (χ1n) is 6.84. The summed E-state index contributed by atoms with van der Waals surface area (Å²) in [6.07, 6.45) is 2.68. The molecule has 0 atom stereocenters. The molecule has 0 bridgehead atoms. The Bertz CT molecular complexity index is 405. The van der Waals surface area contributed by atoms with E-state index in [-0.39, 0.29) is 0 Å². The van der Waals surface area contributed by atoms with E-state index in [4.69, 9.17) is 16.3 Å². The van der Waals surface area contributed by atoms with Crippen molar-refractivity contribution in [3.63, 3.8) is 0 Å². The molecule has 1 fully saturated rings. The Hall–Kier alpha value is -0.0900. The predicted octanol–water partition coefficient (Wildman–Crippen LogP) is 4.02. The smallest absolute Gasteiger partial charge is 0.0599 e. The van der Waals surface area contributed by atoms with Gasteiger partial charge in [-0.2, -0.15) is 0 Å². The Labute approximate surface area is 129 Å². The van der Waals surface area contributed by atoms with E-state index in [1.54, 1.807) is 0 Å². The van der Waals surface area contributed by atoms with Crippen molar-refractivity contribution in [2.24, 2.45) is 0 Å². The van der Waals surface area contributed by atoms with E-state index in [2.05, 4.69) is 39.9 Å². The molecule has 1 saturated heterocycles. The van der Waals surface area contributed by atoms with Crippen LogP contribution in [0.25, 0.3) is 0 Å². The molecule has 1 heterocycles. The van der Waals surface area contributed by atoms with Crippen LogP contribution in [0.15, 0.2) is 18.2 Å². The van der Waals surface area contributed by atoms with Gasteiger partial charge in [0.2, 0.25) is 0 Å². The normalized spacial score (nSPS) is 17.8. The van der Waals surface area contributed by atoms with Crippen molar-refractivity contribution < 1.29 is 4.74 Å². The van der Waals surface area contributed by atoms with E-state index in [0.717, 1.165) is 49.4 Å². The van der Waals surface area contributed by atoms with Gasteiger partial charge in [0.25, 0.3) is 0 Å². The number of rotatable bonds is 5. The van der Waals surface area contributed by atoms with E-state index < -0.39 is 0 Å². The van der Waals surface area contributed by atoms with Crippen molar-refractivity contribution >= 4 is 27.5 Å². The minimum Gasteiger partial charge on any atom is -0.377 e. The first-order chi connectivity index (χ1) is 9.19. The first kappa shape index (κ1) is 15.3. The maximum absolute atomic E-state index is 6.29. The molecule has 0 radical (unpaired) electrons. The minimum absolute atomic E-state index is 0.433. The molecule has 1 aromatic carbocycles. The summed E-state index contributed by atoms with van der Waals surface area (Å²) in [5.74, 6) is 0. The summed E-state index contributed by atoms with van der Waals surface area (Å²) in [7, 11) is 0. The van der Waals surface area contributed by atoms with Crippen molar-refractivity contribution in [3.8, 4) is 0 Å². The number of ether oxygens (including phenoxy) is 1. The van der Waals surface area contributed by atoms with Crippen LogP contribution in [0.5, 0.6) is 0 Å². The van der Waals surface area contributed by atoms with Crippen LogP contribution in [0, 0.1) is 6.92 Å². The average molecular weight is 347 g/mol. The zero-order valence-corrected chi connectivity index (χ0v) is 13.7. The number of piperidine rings is 1. The molecule has 0 aromatic heterocycles. The van der Waals surface area contributed by atoms with Gasteiger partial charge in [0.1, 0.15) is 0 Å². The van der Waals surface area contributed by atoms with Crippen molar-refractivity contribution in [2.75, 3.05) is 25.0 Å². The molecule has 2 rings (SSSR count). The molecule has 2 nitrogen and oxygen atoms in total. The van der Waals surface area contributed by atoms with Crippen molar-refractivity contribution in [1.29, 1.82) is 0 Å². The fourth-order valence-electron chi connectivity index (χ4n) is 2.47. The SMILES string of the molecule is Cc1ccc(CN2CCC(OCCBr)CC2)c(Cl)c1. The van der Waals surface area contributed by atoms with Gasteiger partial charge in [-0.3, -0.25) is 4.90 Å². The second-order valence-corrected chi connectivity index (χ2v) is 6.33. The van der Waals surface area contributed by atoms with Gasteiger partial charge in [-0.15, -0.1) is 0 Å². The van der Waals surface area contributed by atoms with Crippen LogP contribution in [-0.4, -0.2) is 36.0 Å². The molecule has 0 unspecified atom stereocenters. The lowest BCUT2D eigenvalue weighted by molar-refractivity contribution is 0.0141. The van der Waals surface area contributed by atoms with E-state index in [9.17, 15) is 0 Å². The lowest BCUT2D eigenvalue weighted by Crippen LogP contribution is -2.36. The van der Waals surface area contributed by atoms with Gasteiger partial charge >= 0.3 is 0 Å². The number of halogens is 2. The Morgan fingerprint density at radius 1 is 1.37 bits per heavy atom. The number of alkyl halides is 1. The van der Waals surface area contributed by atoms with Crippen LogP contribution < -0.4 is 0 Å². The second kappa shape index (κ2) is 7.63. The zero-order chi connectivity index (χ0) is 13.7. The Kier molecular flexibility index (Phi) is 6.14. The van der Waals surface area contributed by atoms with Gasteiger partial charge in [-0.05, 0) is 37.0 Å². The molecule has 0 N–H and O–H groups in total. The molecule has 0 aliphatic carbocycles. The Morgan fingerprint density at radius 2 is 2.11 bits per heavy atom. The molecule has 0 saturated carbocycles. The van der Waals surface area contributed by atoms with E-state index in [1.165, 1.54) is 11.1 Å². The van der Waals surface area contributed by atoms with Crippen LogP contribution >= 0.6 is 27.5 Å². The molecule has 0 spiro atoms. The van der Waals surface area contributed by atoms with Crippen LogP contribution in [0.2, 0.25) is 5.02 Å². The number of aryl methyl sites for hydroxylation is 1. The summed E-state index contributed by atoms with van der Waals surface area (Å²) in [4.78, 5) is 2.46. The third-order valence-electron chi connectivity index (χ3n) is 3.57. The molecule has 1 aliphatic heterocycles. The zero-order valence-electron chi connectivity index (χ0n) is 11.4. The number of likely N-dealkylation sites (tertiary alicyclic amines) is 1. The monoisotopic (exact) mass is 345 g/mol. The highest BCUT2D eigenvalue weighted by Crippen LogP contribution is 2.22. The fraction of sp³-hybridized carbons (Fsp3) is 0.600. The van der Waals surface area contributed by atoms with Crippen LogP contribution in [0.1, 0.15) is 24.0 Å². The Balaban J connectivity index is 1.82. The van der Waals surface area contributed by atoms with Crippen molar-refractivity contribution in [2.45, 2.75) is 32.4 Å². The second-order valence-electron chi connectivity index (χ2n) is 5.13. The number of hydrogen-bond donors (Lipinski definition) is 0. The van der Waals surface area contributed by atoms with Gasteiger partial charge in [0.15, 0.2) is 0 Å². The average Bonchev–Trinajstić information content (AvgIpc) is 2.41. The molecule has 19 heavy (non-hydrogen) atoms. The van der Waals surface area contributed by atoms with Crippen molar-refractivity contribution in [3.05, 3.63) is 34.3 Å². The van der Waals surface area contributed by atoms with Crippen LogP contribution in [-0.2, 0) is 11.3 Å². The maximum Gasteiger partial charge on any atom is 0.0599 e. The summed E-state index contributed by atoms with van der Waals surface area (Å²) < 4.78 is 5.77. The summed E-state index contributed by atoms with van der Waals surface area (Å²) in [5, 5.41) is 1.81. The number of hydrogen-bond acceptors (Lipinski definition) is 2. The van der Waals surface area contributed by atoms with Gasteiger partial charge in [0, 0.05) is 30.0 Å². The molecular weight excluding hydrogens is 326 g/mol. The maximum atomic E-state index is 6.29. The summed E-state index contributed by atoms with van der Waals surface area (Å²) in [5.41, 5.74) is 2.45. The fourth-order valence-corrected chi connectivity index (χ4v) is 2.95. The topological polar surface area (TPSA) is 12.5 Å². The van der Waals surface area contributed by atoms with Crippen LogP contribution in [0.3, 0.4) is 0 Å². The lowest BCUT2D eigenvalue weighted by Gasteiger charge is -2.32. The predicted molar refractivity (Wildman–Crippen MR) is 84.2 cm³/mol.